The van der Waals surface area contributed by atoms with E-state index in [0.717, 1.165) is 11.1 Å². The van der Waals surface area contributed by atoms with Crippen LogP contribution in [0.5, 0.6) is 0 Å². The fraction of sp³-hybridized carbons (Fsp3) is 0.409. The van der Waals surface area contributed by atoms with Gasteiger partial charge in [-0.1, -0.05) is 54.6 Å². The first-order chi connectivity index (χ1) is 14.1. The van der Waals surface area contributed by atoms with Gasteiger partial charge >= 0.3 is 6.03 Å². The Labute approximate surface area is 179 Å². The molecule has 0 fully saturated rings. The number of nitrogens with zero attached hydrogens (tertiary/aromatic N) is 1. The SMILES string of the molecule is CC(C)NS(=O)(=O)Cc1ccc(CNC(=O)NC(CN(C)C)c2ccccc2)cc1. The highest BCUT2D eigenvalue weighted by atomic mass is 32.2. The molecular formula is C22H32N4O3S. The molecule has 2 rings (SSSR count). The fourth-order valence-electron chi connectivity index (χ4n) is 3.05. The summed E-state index contributed by atoms with van der Waals surface area (Å²) in [4.78, 5) is 14.4. The van der Waals surface area contributed by atoms with Gasteiger partial charge in [-0.2, -0.15) is 0 Å². The molecule has 0 heterocycles. The first kappa shape index (κ1) is 23.9. The Morgan fingerprint density at radius 2 is 1.57 bits per heavy atom. The quantitative estimate of drug-likeness (QED) is 0.538. The van der Waals surface area contributed by atoms with Crippen LogP contribution in [0.4, 0.5) is 4.79 Å². The second-order valence-corrected chi connectivity index (χ2v) is 9.65. The number of hydrogen-bond acceptors (Lipinski definition) is 4. The molecule has 0 saturated carbocycles. The smallest absolute Gasteiger partial charge is 0.315 e. The van der Waals surface area contributed by atoms with E-state index in [4.69, 9.17) is 0 Å². The Morgan fingerprint density at radius 3 is 2.13 bits per heavy atom. The summed E-state index contributed by atoms with van der Waals surface area (Å²) < 4.78 is 26.6. The van der Waals surface area contributed by atoms with Gasteiger partial charge in [-0.3, -0.25) is 0 Å². The maximum Gasteiger partial charge on any atom is 0.315 e. The summed E-state index contributed by atoms with van der Waals surface area (Å²) in [5.41, 5.74) is 2.64. The summed E-state index contributed by atoms with van der Waals surface area (Å²) in [7, 11) is 0.576. The lowest BCUT2D eigenvalue weighted by Crippen LogP contribution is -2.41. The molecule has 30 heavy (non-hydrogen) atoms. The molecule has 0 aromatic heterocycles. The van der Waals surface area contributed by atoms with Crippen LogP contribution in [-0.4, -0.2) is 46.0 Å². The predicted molar refractivity (Wildman–Crippen MR) is 120 cm³/mol. The Bertz CT molecular complexity index is 898. The normalized spacial score (nSPS) is 12.7. The molecule has 164 valence electrons. The van der Waals surface area contributed by atoms with E-state index in [1.807, 2.05) is 61.5 Å². The number of urea groups is 1. The summed E-state index contributed by atoms with van der Waals surface area (Å²) in [5.74, 6) is -0.0668. The maximum absolute atomic E-state index is 12.4. The number of amides is 2. The lowest BCUT2D eigenvalue weighted by Gasteiger charge is -2.23. The zero-order valence-electron chi connectivity index (χ0n) is 18.1. The van der Waals surface area contributed by atoms with Crippen LogP contribution in [0.15, 0.2) is 54.6 Å². The lowest BCUT2D eigenvalue weighted by atomic mass is 10.1. The molecule has 2 aromatic carbocycles. The number of hydrogen-bond donors (Lipinski definition) is 3. The van der Waals surface area contributed by atoms with Crippen LogP contribution in [0.1, 0.15) is 36.6 Å². The molecule has 1 unspecified atom stereocenters. The molecule has 8 heteroatoms. The van der Waals surface area contributed by atoms with Crippen molar-refractivity contribution in [2.45, 2.75) is 38.2 Å². The average molecular weight is 433 g/mol. The van der Waals surface area contributed by atoms with Crippen molar-refractivity contribution in [3.05, 3.63) is 71.3 Å². The van der Waals surface area contributed by atoms with Crippen molar-refractivity contribution < 1.29 is 13.2 Å². The van der Waals surface area contributed by atoms with Crippen molar-refractivity contribution in [2.75, 3.05) is 20.6 Å². The predicted octanol–water partition coefficient (Wildman–Crippen LogP) is 2.62. The molecule has 0 radical (unpaired) electrons. The standard InChI is InChI=1S/C22H32N4O3S/c1-17(2)25-30(28,29)16-19-12-10-18(11-13-19)14-23-22(27)24-21(15-26(3)4)20-8-6-5-7-9-20/h5-13,17,21,25H,14-16H2,1-4H3,(H2,23,24,27). The Kier molecular flexibility index (Phi) is 8.83. The molecule has 0 spiro atoms. The first-order valence-corrected chi connectivity index (χ1v) is 11.6. The van der Waals surface area contributed by atoms with Crippen molar-refractivity contribution in [2.24, 2.45) is 0 Å². The summed E-state index contributed by atoms with van der Waals surface area (Å²) in [6.45, 7) is 4.62. The summed E-state index contributed by atoms with van der Waals surface area (Å²) in [5, 5.41) is 5.88. The molecular weight excluding hydrogens is 400 g/mol. The van der Waals surface area contributed by atoms with Crippen LogP contribution >= 0.6 is 0 Å². The van der Waals surface area contributed by atoms with Gasteiger partial charge in [-0.05, 0) is 44.6 Å². The Balaban J connectivity index is 1.90. The molecule has 0 bridgehead atoms. The number of benzene rings is 2. The minimum Gasteiger partial charge on any atom is -0.334 e. The van der Waals surface area contributed by atoms with Gasteiger partial charge < -0.3 is 15.5 Å². The van der Waals surface area contributed by atoms with Crippen molar-refractivity contribution in [3.8, 4) is 0 Å². The van der Waals surface area contributed by atoms with Crippen LogP contribution in [0.2, 0.25) is 0 Å². The van der Waals surface area contributed by atoms with Crippen molar-refractivity contribution >= 4 is 16.1 Å². The second-order valence-electron chi connectivity index (χ2n) is 7.90. The zero-order chi connectivity index (χ0) is 22.1. The molecule has 0 saturated heterocycles. The third-order valence-electron chi connectivity index (χ3n) is 4.30. The number of nitrogens with one attached hydrogen (secondary N) is 3. The van der Waals surface area contributed by atoms with Gasteiger partial charge in [0.05, 0.1) is 11.8 Å². The van der Waals surface area contributed by atoms with Crippen molar-refractivity contribution in [3.63, 3.8) is 0 Å². The molecule has 0 aliphatic rings. The monoisotopic (exact) mass is 432 g/mol. The van der Waals surface area contributed by atoms with Crippen LogP contribution in [0.25, 0.3) is 0 Å². The minimum absolute atomic E-state index is 0.0668. The second kappa shape index (κ2) is 11.1. The van der Waals surface area contributed by atoms with Gasteiger partial charge in [0.1, 0.15) is 0 Å². The van der Waals surface area contributed by atoms with Gasteiger partial charge in [-0.25, -0.2) is 17.9 Å². The van der Waals surface area contributed by atoms with Crippen molar-refractivity contribution in [1.82, 2.24) is 20.3 Å². The third-order valence-corrected chi connectivity index (χ3v) is 5.85. The largest absolute Gasteiger partial charge is 0.334 e. The number of rotatable bonds is 10. The fourth-order valence-corrected chi connectivity index (χ4v) is 4.48. The van der Waals surface area contributed by atoms with Gasteiger partial charge in [-0.15, -0.1) is 0 Å². The van der Waals surface area contributed by atoms with E-state index in [2.05, 4.69) is 15.4 Å². The molecule has 0 aliphatic heterocycles. The van der Waals surface area contributed by atoms with Gasteiger partial charge in [0.15, 0.2) is 0 Å². The molecule has 7 nitrogen and oxygen atoms in total. The van der Waals surface area contributed by atoms with E-state index in [-0.39, 0.29) is 23.9 Å². The molecule has 1 atom stereocenters. The van der Waals surface area contributed by atoms with E-state index in [0.29, 0.717) is 18.7 Å². The molecule has 3 N–H and O–H groups in total. The number of sulfonamides is 1. The average Bonchev–Trinajstić information content (AvgIpc) is 2.66. The summed E-state index contributed by atoms with van der Waals surface area (Å²) in [6.07, 6.45) is 0. The van der Waals surface area contributed by atoms with Crippen LogP contribution in [-0.2, 0) is 22.3 Å². The highest BCUT2D eigenvalue weighted by Crippen LogP contribution is 2.13. The van der Waals surface area contributed by atoms with Gasteiger partial charge in [0.25, 0.3) is 0 Å². The highest BCUT2D eigenvalue weighted by molar-refractivity contribution is 7.88. The molecule has 0 aliphatic carbocycles. The number of likely N-dealkylation sites (N-methyl/N-ethyl adjacent to an activating group) is 1. The van der Waals surface area contributed by atoms with E-state index in [1.165, 1.54) is 0 Å². The van der Waals surface area contributed by atoms with E-state index in [9.17, 15) is 13.2 Å². The zero-order valence-corrected chi connectivity index (χ0v) is 18.9. The number of carbonyl (C=O) groups is 1. The minimum atomic E-state index is -3.36. The van der Waals surface area contributed by atoms with Crippen LogP contribution in [0.3, 0.4) is 0 Å². The topological polar surface area (TPSA) is 90.5 Å². The highest BCUT2D eigenvalue weighted by Gasteiger charge is 2.15. The van der Waals surface area contributed by atoms with Crippen LogP contribution < -0.4 is 15.4 Å². The molecule has 2 amide bonds. The van der Waals surface area contributed by atoms with Gasteiger partial charge in [0.2, 0.25) is 10.0 Å². The number of carbonyl (C=O) groups excluding carboxylic acids is 1. The van der Waals surface area contributed by atoms with Crippen molar-refractivity contribution in [1.29, 1.82) is 0 Å². The van der Waals surface area contributed by atoms with E-state index >= 15 is 0 Å². The summed E-state index contributed by atoms with van der Waals surface area (Å²) in [6, 6.07) is 16.5. The Hall–Kier alpha value is -2.42. The lowest BCUT2D eigenvalue weighted by molar-refractivity contribution is 0.232. The maximum atomic E-state index is 12.4. The third kappa shape index (κ3) is 8.52. The summed E-state index contributed by atoms with van der Waals surface area (Å²) >= 11 is 0. The van der Waals surface area contributed by atoms with Crippen LogP contribution in [0, 0.1) is 0 Å². The first-order valence-electron chi connectivity index (χ1n) is 9.96. The van der Waals surface area contributed by atoms with Gasteiger partial charge in [0, 0.05) is 19.1 Å². The van der Waals surface area contributed by atoms with E-state index < -0.39 is 10.0 Å². The van der Waals surface area contributed by atoms with E-state index in [1.54, 1.807) is 26.0 Å². The Morgan fingerprint density at radius 1 is 0.967 bits per heavy atom. The molecule has 2 aromatic rings.